The Balaban J connectivity index is 1.54. The minimum Gasteiger partial charge on any atom is -0.395 e. The summed E-state index contributed by atoms with van der Waals surface area (Å²) in [6, 6.07) is 0.131. The first-order valence-corrected chi connectivity index (χ1v) is 10.0. The van der Waals surface area contributed by atoms with Gasteiger partial charge in [0, 0.05) is 11.8 Å². The Bertz CT molecular complexity index is 433. The lowest BCUT2D eigenvalue weighted by molar-refractivity contribution is -0.220. The lowest BCUT2D eigenvalue weighted by atomic mass is 9.89. The van der Waals surface area contributed by atoms with Gasteiger partial charge in [0.2, 0.25) is 0 Å². The topological polar surface area (TPSA) is 83.9 Å². The van der Waals surface area contributed by atoms with Crippen molar-refractivity contribution in [2.75, 3.05) is 39.6 Å². The van der Waals surface area contributed by atoms with Crippen LogP contribution in [0.15, 0.2) is 0 Å². The second-order valence-electron chi connectivity index (χ2n) is 7.90. The average Bonchev–Trinajstić information content (AvgIpc) is 3.40. The van der Waals surface area contributed by atoms with E-state index in [1.807, 2.05) is 10.1 Å². The van der Waals surface area contributed by atoms with Crippen LogP contribution in [-0.4, -0.2) is 96.4 Å². The van der Waals surface area contributed by atoms with E-state index in [0.717, 1.165) is 12.8 Å². The van der Waals surface area contributed by atoms with Crippen LogP contribution < -0.4 is 0 Å². The van der Waals surface area contributed by atoms with E-state index in [9.17, 15) is 10.2 Å². The van der Waals surface area contributed by atoms with Crippen molar-refractivity contribution >= 4 is 0 Å². The quantitative estimate of drug-likeness (QED) is 0.635. The molecule has 0 aliphatic carbocycles. The molecule has 0 amide bonds. The highest BCUT2D eigenvalue weighted by atomic mass is 16.7. The zero-order valence-corrected chi connectivity index (χ0v) is 15.7. The van der Waals surface area contributed by atoms with Crippen LogP contribution in [0, 0.1) is 11.8 Å². The molecule has 0 radical (unpaired) electrons. The smallest absolute Gasteiger partial charge is 0.104 e. The van der Waals surface area contributed by atoms with Gasteiger partial charge >= 0.3 is 0 Å². The van der Waals surface area contributed by atoms with E-state index in [-0.39, 0.29) is 49.6 Å². The number of ether oxygens (including phenoxy) is 2. The fourth-order valence-corrected chi connectivity index (χ4v) is 4.99. The minimum atomic E-state index is -0.113. The van der Waals surface area contributed by atoms with Crippen LogP contribution in [0.2, 0.25) is 0 Å². The van der Waals surface area contributed by atoms with E-state index >= 15 is 0 Å². The van der Waals surface area contributed by atoms with Gasteiger partial charge in [0.15, 0.2) is 0 Å². The normalized spacial score (nSPS) is 42.9. The summed E-state index contributed by atoms with van der Waals surface area (Å²) in [6.45, 7) is 6.84. The molecule has 8 nitrogen and oxygen atoms in total. The Labute approximate surface area is 154 Å². The maximum Gasteiger partial charge on any atom is 0.104 e. The molecule has 0 aromatic rings. The summed E-state index contributed by atoms with van der Waals surface area (Å²) in [4.78, 5) is 11.9. The number of rotatable bonds is 7. The highest BCUT2D eigenvalue weighted by molar-refractivity contribution is 5.05. The van der Waals surface area contributed by atoms with Crippen LogP contribution in [0.4, 0.5) is 0 Å². The van der Waals surface area contributed by atoms with Gasteiger partial charge in [-0.3, -0.25) is 9.68 Å². The SMILES string of the molecule is CC[C@H](CO)N1OC[C@H]2CO[C@H]([C@H]3OC[C@@H]4CON([C@H](CC)CO)[C@@H]43)[C@H]21. The second kappa shape index (κ2) is 7.97. The summed E-state index contributed by atoms with van der Waals surface area (Å²) < 4.78 is 12.4. The van der Waals surface area contributed by atoms with E-state index in [2.05, 4.69) is 13.8 Å². The van der Waals surface area contributed by atoms with Crippen LogP contribution in [0.1, 0.15) is 26.7 Å². The average molecular weight is 372 g/mol. The molecule has 2 N–H and O–H groups in total. The van der Waals surface area contributed by atoms with Gasteiger partial charge in [-0.15, -0.1) is 0 Å². The van der Waals surface area contributed by atoms with Gasteiger partial charge in [0.05, 0.1) is 63.8 Å². The van der Waals surface area contributed by atoms with Crippen molar-refractivity contribution in [3.63, 3.8) is 0 Å². The number of aliphatic hydroxyl groups excluding tert-OH is 2. The van der Waals surface area contributed by atoms with E-state index in [1.165, 1.54) is 0 Å². The summed E-state index contributed by atoms with van der Waals surface area (Å²) in [5, 5.41) is 23.4. The molecule has 8 atom stereocenters. The monoisotopic (exact) mass is 372 g/mol. The highest BCUT2D eigenvalue weighted by Crippen LogP contribution is 2.42. The molecule has 0 bridgehead atoms. The van der Waals surface area contributed by atoms with Gasteiger partial charge < -0.3 is 19.7 Å². The molecule has 4 fully saturated rings. The molecule has 0 unspecified atom stereocenters. The molecular formula is C18H32N2O6. The predicted octanol–water partition coefficient (Wildman–Crippen LogP) is -0.210. The molecule has 0 aromatic heterocycles. The third-order valence-corrected chi connectivity index (χ3v) is 6.52. The van der Waals surface area contributed by atoms with Crippen molar-refractivity contribution in [2.45, 2.75) is 63.1 Å². The minimum absolute atomic E-state index is 0.0248. The number of hydrogen-bond donors (Lipinski definition) is 2. The molecule has 4 heterocycles. The van der Waals surface area contributed by atoms with Crippen molar-refractivity contribution in [3.05, 3.63) is 0 Å². The predicted molar refractivity (Wildman–Crippen MR) is 91.9 cm³/mol. The second-order valence-corrected chi connectivity index (χ2v) is 7.90. The van der Waals surface area contributed by atoms with Crippen LogP contribution in [-0.2, 0) is 19.1 Å². The van der Waals surface area contributed by atoms with E-state index in [1.54, 1.807) is 0 Å². The van der Waals surface area contributed by atoms with Gasteiger partial charge in [-0.1, -0.05) is 13.8 Å². The summed E-state index contributed by atoms with van der Waals surface area (Å²) in [6.07, 6.45) is 1.42. The van der Waals surface area contributed by atoms with Crippen LogP contribution in [0.5, 0.6) is 0 Å². The third-order valence-electron chi connectivity index (χ3n) is 6.52. The van der Waals surface area contributed by atoms with Gasteiger partial charge in [-0.25, -0.2) is 0 Å². The van der Waals surface area contributed by atoms with Gasteiger partial charge in [-0.2, -0.15) is 10.1 Å². The zero-order valence-electron chi connectivity index (χ0n) is 15.7. The molecular weight excluding hydrogens is 340 g/mol. The van der Waals surface area contributed by atoms with Gasteiger partial charge in [0.1, 0.15) is 12.2 Å². The van der Waals surface area contributed by atoms with E-state index < -0.39 is 0 Å². The largest absolute Gasteiger partial charge is 0.395 e. The molecule has 8 heteroatoms. The van der Waals surface area contributed by atoms with Crippen LogP contribution >= 0.6 is 0 Å². The summed E-state index contributed by atoms with van der Waals surface area (Å²) in [7, 11) is 0. The van der Waals surface area contributed by atoms with Crippen LogP contribution in [0.25, 0.3) is 0 Å². The lowest BCUT2D eigenvalue weighted by Gasteiger charge is -2.38. The number of hydroxylamine groups is 4. The summed E-state index contributed by atoms with van der Waals surface area (Å²) in [5.74, 6) is 0.609. The standard InChI is InChI=1S/C18H32N2O6/c1-3-13(5-21)19-15-11(9-25-19)7-23-17(15)18-16-12(8-24-18)10-26-20(16)14(4-2)6-22/h11-18,21-22H,3-10H2,1-2H3/t11-,12-,13-,14-,15+,16+,17+,18+/m1/s1. The van der Waals surface area contributed by atoms with Crippen molar-refractivity contribution in [1.29, 1.82) is 0 Å². The summed E-state index contributed by atoms with van der Waals surface area (Å²) in [5.41, 5.74) is 0. The lowest BCUT2D eigenvalue weighted by Crippen LogP contribution is -2.55. The molecule has 4 saturated heterocycles. The molecule has 150 valence electrons. The number of fused-ring (bicyclic) bond motifs is 2. The Kier molecular flexibility index (Phi) is 5.83. The number of aliphatic hydroxyl groups is 2. The zero-order chi connectivity index (χ0) is 18.3. The Morgan fingerprint density at radius 3 is 1.54 bits per heavy atom. The maximum absolute atomic E-state index is 9.74. The first kappa shape index (κ1) is 19.0. The summed E-state index contributed by atoms with van der Waals surface area (Å²) >= 11 is 0. The van der Waals surface area contributed by atoms with E-state index in [4.69, 9.17) is 19.1 Å². The molecule has 4 aliphatic heterocycles. The van der Waals surface area contributed by atoms with Gasteiger partial charge in [-0.05, 0) is 12.8 Å². The molecule has 4 rings (SSSR count). The maximum atomic E-state index is 9.74. The van der Waals surface area contributed by atoms with Gasteiger partial charge in [0.25, 0.3) is 0 Å². The van der Waals surface area contributed by atoms with Crippen molar-refractivity contribution < 1.29 is 29.4 Å². The Morgan fingerprint density at radius 2 is 1.19 bits per heavy atom. The first-order valence-electron chi connectivity index (χ1n) is 10.0. The molecule has 4 aliphatic rings. The molecule has 0 spiro atoms. The molecule has 0 saturated carbocycles. The molecule has 0 aromatic carbocycles. The third kappa shape index (κ3) is 3.00. The van der Waals surface area contributed by atoms with Crippen molar-refractivity contribution in [3.8, 4) is 0 Å². The molecule has 26 heavy (non-hydrogen) atoms. The Hall–Kier alpha value is -0.320. The first-order chi connectivity index (χ1) is 12.7. The fourth-order valence-electron chi connectivity index (χ4n) is 4.99. The van der Waals surface area contributed by atoms with Crippen molar-refractivity contribution in [2.24, 2.45) is 11.8 Å². The Morgan fingerprint density at radius 1 is 0.769 bits per heavy atom. The van der Waals surface area contributed by atoms with Crippen LogP contribution in [0.3, 0.4) is 0 Å². The number of nitrogens with zero attached hydrogens (tertiary/aromatic N) is 2. The highest BCUT2D eigenvalue weighted by Gasteiger charge is 2.58. The van der Waals surface area contributed by atoms with Crippen molar-refractivity contribution in [1.82, 2.24) is 10.1 Å². The van der Waals surface area contributed by atoms with E-state index in [0.29, 0.717) is 38.3 Å². The number of hydrogen-bond acceptors (Lipinski definition) is 8. The fraction of sp³-hybridized carbons (Fsp3) is 1.00.